The van der Waals surface area contributed by atoms with Gasteiger partial charge < -0.3 is 10.6 Å². The average molecular weight is 340 g/mol. The van der Waals surface area contributed by atoms with Gasteiger partial charge in [-0.1, -0.05) is 35.9 Å². The maximum Gasteiger partial charge on any atom is 0.244 e. The number of aromatic nitrogens is 3. The molecule has 2 aromatic carbocycles. The quantitative estimate of drug-likeness (QED) is 0.703. The smallest absolute Gasteiger partial charge is 0.244 e. The molecule has 0 saturated heterocycles. The molecule has 0 aliphatic rings. The number of halogens is 1. The Hall–Kier alpha value is -2.66. The topological polar surface area (TPSA) is 62.7 Å². The number of hydrogen-bond acceptors (Lipinski definition) is 5. The van der Waals surface area contributed by atoms with Gasteiger partial charge in [0.2, 0.25) is 5.95 Å². The van der Waals surface area contributed by atoms with Gasteiger partial charge in [-0.2, -0.15) is 10.1 Å². The lowest BCUT2D eigenvalue weighted by Gasteiger charge is -2.08. The summed E-state index contributed by atoms with van der Waals surface area (Å²) >= 11 is 5.99. The molecule has 0 spiro atoms. The molecule has 0 amide bonds. The molecule has 0 aliphatic carbocycles. The lowest BCUT2D eigenvalue weighted by Crippen LogP contribution is -2.09. The van der Waals surface area contributed by atoms with E-state index in [1.165, 1.54) is 5.56 Å². The Labute approximate surface area is 146 Å². The highest BCUT2D eigenvalue weighted by Crippen LogP contribution is 2.16. The summed E-state index contributed by atoms with van der Waals surface area (Å²) in [6.07, 6.45) is 2.43. The molecule has 1 aromatic heterocycles. The molecule has 6 heteroatoms. The van der Waals surface area contributed by atoms with E-state index in [1.807, 2.05) is 55.5 Å². The van der Waals surface area contributed by atoms with Crippen LogP contribution in [0.3, 0.4) is 0 Å². The summed E-state index contributed by atoms with van der Waals surface area (Å²) in [7, 11) is 0. The van der Waals surface area contributed by atoms with Gasteiger partial charge in [-0.15, -0.1) is 5.10 Å². The minimum Gasteiger partial charge on any atom is -0.353 e. The minimum atomic E-state index is 0.495. The molecule has 1 heterocycles. The van der Waals surface area contributed by atoms with Crippen LogP contribution in [-0.2, 0) is 6.42 Å². The molecule has 0 atom stereocenters. The zero-order valence-electron chi connectivity index (χ0n) is 13.3. The highest BCUT2D eigenvalue weighted by atomic mass is 35.5. The molecule has 5 nitrogen and oxygen atoms in total. The zero-order valence-corrected chi connectivity index (χ0v) is 14.1. The standard InChI is InChI=1S/C18H18ClN5/c1-13-4-2-7-16(10-13)22-17-12-21-24-18(23-17)20-9-8-14-5-3-6-15(19)11-14/h2-7,10-12H,8-9H2,1H3,(H2,20,22,23,24). The van der Waals surface area contributed by atoms with Crippen LogP contribution >= 0.6 is 11.6 Å². The van der Waals surface area contributed by atoms with Crippen LogP contribution in [0, 0.1) is 6.92 Å². The Morgan fingerprint density at radius 1 is 1.08 bits per heavy atom. The van der Waals surface area contributed by atoms with E-state index in [0.717, 1.165) is 22.7 Å². The van der Waals surface area contributed by atoms with Crippen LogP contribution in [0.5, 0.6) is 0 Å². The predicted octanol–water partition coefficient (Wildman–Crippen LogP) is 4.23. The molecule has 0 fully saturated rings. The summed E-state index contributed by atoms with van der Waals surface area (Å²) in [5.41, 5.74) is 3.32. The number of aryl methyl sites for hydroxylation is 1. The van der Waals surface area contributed by atoms with E-state index >= 15 is 0 Å². The third-order valence-corrected chi connectivity index (χ3v) is 3.67. The van der Waals surface area contributed by atoms with Crippen LogP contribution < -0.4 is 10.6 Å². The van der Waals surface area contributed by atoms with E-state index in [9.17, 15) is 0 Å². The van der Waals surface area contributed by atoms with Crippen LogP contribution in [0.25, 0.3) is 0 Å². The number of nitrogens with zero attached hydrogens (tertiary/aromatic N) is 3. The fraction of sp³-hybridized carbons (Fsp3) is 0.167. The second kappa shape index (κ2) is 7.75. The Balaban J connectivity index is 1.59. The number of rotatable bonds is 6. The van der Waals surface area contributed by atoms with E-state index in [-0.39, 0.29) is 0 Å². The van der Waals surface area contributed by atoms with Crippen molar-refractivity contribution in [3.05, 3.63) is 70.9 Å². The van der Waals surface area contributed by atoms with Crippen LogP contribution in [-0.4, -0.2) is 21.7 Å². The van der Waals surface area contributed by atoms with Gasteiger partial charge >= 0.3 is 0 Å². The molecule has 3 aromatic rings. The van der Waals surface area contributed by atoms with E-state index in [4.69, 9.17) is 11.6 Å². The van der Waals surface area contributed by atoms with Crippen LogP contribution in [0.15, 0.2) is 54.7 Å². The van der Waals surface area contributed by atoms with Crippen molar-refractivity contribution in [2.24, 2.45) is 0 Å². The van der Waals surface area contributed by atoms with Crippen molar-refractivity contribution in [1.82, 2.24) is 15.2 Å². The second-order valence-electron chi connectivity index (χ2n) is 5.47. The van der Waals surface area contributed by atoms with Crippen molar-refractivity contribution < 1.29 is 0 Å². The second-order valence-corrected chi connectivity index (χ2v) is 5.90. The largest absolute Gasteiger partial charge is 0.353 e. The Bertz CT molecular complexity index is 822. The average Bonchev–Trinajstić information content (AvgIpc) is 2.55. The lowest BCUT2D eigenvalue weighted by atomic mass is 10.1. The highest BCUT2D eigenvalue weighted by molar-refractivity contribution is 6.30. The summed E-state index contributed by atoms with van der Waals surface area (Å²) in [4.78, 5) is 4.42. The zero-order chi connectivity index (χ0) is 16.8. The molecular weight excluding hydrogens is 322 g/mol. The van der Waals surface area contributed by atoms with Crippen LogP contribution in [0.4, 0.5) is 17.5 Å². The fourth-order valence-electron chi connectivity index (χ4n) is 2.32. The summed E-state index contributed by atoms with van der Waals surface area (Å²) in [5, 5.41) is 15.2. The number of anilines is 3. The van der Waals surface area contributed by atoms with Crippen LogP contribution in [0.1, 0.15) is 11.1 Å². The predicted molar refractivity (Wildman–Crippen MR) is 97.9 cm³/mol. The summed E-state index contributed by atoms with van der Waals surface area (Å²) in [6.45, 7) is 2.75. The van der Waals surface area contributed by atoms with Crippen LogP contribution in [0.2, 0.25) is 5.02 Å². The minimum absolute atomic E-state index is 0.495. The first-order chi connectivity index (χ1) is 11.7. The van der Waals surface area contributed by atoms with Gasteiger partial charge in [-0.25, -0.2) is 0 Å². The first kappa shape index (κ1) is 16.2. The number of hydrogen-bond donors (Lipinski definition) is 2. The third-order valence-electron chi connectivity index (χ3n) is 3.44. The molecule has 0 aliphatic heterocycles. The van der Waals surface area contributed by atoms with Gasteiger partial charge in [0.15, 0.2) is 5.82 Å². The summed E-state index contributed by atoms with van der Waals surface area (Å²) in [6, 6.07) is 15.9. The molecule has 24 heavy (non-hydrogen) atoms. The molecule has 122 valence electrons. The third kappa shape index (κ3) is 4.67. The van der Waals surface area contributed by atoms with E-state index in [0.29, 0.717) is 18.3 Å². The van der Waals surface area contributed by atoms with Gasteiger partial charge in [0.25, 0.3) is 0 Å². The fourth-order valence-corrected chi connectivity index (χ4v) is 2.53. The number of benzene rings is 2. The molecule has 0 saturated carbocycles. The van der Waals surface area contributed by atoms with Crippen molar-refractivity contribution in [2.45, 2.75) is 13.3 Å². The van der Waals surface area contributed by atoms with Gasteiger partial charge in [-0.3, -0.25) is 0 Å². The molecule has 3 rings (SSSR count). The lowest BCUT2D eigenvalue weighted by molar-refractivity contribution is 0.929. The van der Waals surface area contributed by atoms with Crippen molar-refractivity contribution in [3.63, 3.8) is 0 Å². The highest BCUT2D eigenvalue weighted by Gasteiger charge is 2.02. The molecule has 0 unspecified atom stereocenters. The van der Waals surface area contributed by atoms with Gasteiger partial charge in [0.1, 0.15) is 0 Å². The van der Waals surface area contributed by atoms with E-state index in [2.05, 4.69) is 25.8 Å². The molecule has 2 N–H and O–H groups in total. The molecule has 0 radical (unpaired) electrons. The maximum absolute atomic E-state index is 5.99. The van der Waals surface area contributed by atoms with Crippen molar-refractivity contribution in [2.75, 3.05) is 17.2 Å². The molecular formula is C18H18ClN5. The SMILES string of the molecule is Cc1cccc(Nc2cnnc(NCCc3cccc(Cl)c3)n2)c1. The monoisotopic (exact) mass is 339 g/mol. The Morgan fingerprint density at radius 3 is 2.79 bits per heavy atom. The van der Waals surface area contributed by atoms with Crippen molar-refractivity contribution >= 4 is 29.1 Å². The summed E-state index contributed by atoms with van der Waals surface area (Å²) in [5.74, 6) is 1.15. The van der Waals surface area contributed by atoms with Gasteiger partial charge in [0.05, 0.1) is 6.20 Å². The van der Waals surface area contributed by atoms with E-state index < -0.39 is 0 Å². The maximum atomic E-state index is 5.99. The van der Waals surface area contributed by atoms with Crippen molar-refractivity contribution in [1.29, 1.82) is 0 Å². The first-order valence-corrected chi connectivity index (χ1v) is 8.08. The van der Waals surface area contributed by atoms with Crippen molar-refractivity contribution in [3.8, 4) is 0 Å². The Morgan fingerprint density at radius 2 is 1.96 bits per heavy atom. The number of nitrogens with one attached hydrogen (secondary N) is 2. The first-order valence-electron chi connectivity index (χ1n) is 7.71. The van der Waals surface area contributed by atoms with Gasteiger partial charge in [0, 0.05) is 17.3 Å². The van der Waals surface area contributed by atoms with E-state index in [1.54, 1.807) is 6.20 Å². The summed E-state index contributed by atoms with van der Waals surface area (Å²) < 4.78 is 0. The Kier molecular flexibility index (Phi) is 5.23. The van der Waals surface area contributed by atoms with Gasteiger partial charge in [-0.05, 0) is 48.7 Å². The molecule has 0 bridgehead atoms. The normalized spacial score (nSPS) is 10.4.